The summed E-state index contributed by atoms with van der Waals surface area (Å²) < 4.78 is 26.4. The van der Waals surface area contributed by atoms with Gasteiger partial charge in [-0.25, -0.2) is 12.7 Å². The molecule has 5 heteroatoms. The first-order valence-corrected chi connectivity index (χ1v) is 8.66. The molecule has 0 atom stereocenters. The van der Waals surface area contributed by atoms with E-state index in [1.165, 1.54) is 4.31 Å². The molecule has 112 valence electrons. The summed E-state index contributed by atoms with van der Waals surface area (Å²) in [6, 6.07) is 16.6. The van der Waals surface area contributed by atoms with Gasteiger partial charge in [0.05, 0.1) is 4.90 Å². The van der Waals surface area contributed by atoms with Crippen molar-refractivity contribution in [1.82, 2.24) is 4.31 Å². The van der Waals surface area contributed by atoms with Gasteiger partial charge in [0.15, 0.2) is 0 Å². The molecule has 0 saturated carbocycles. The van der Waals surface area contributed by atoms with Crippen molar-refractivity contribution >= 4 is 21.6 Å². The molecule has 2 aromatic carbocycles. The maximum Gasteiger partial charge on any atom is 0.242 e. The first kappa shape index (κ1) is 16.0. The van der Waals surface area contributed by atoms with Gasteiger partial charge in [-0.1, -0.05) is 42.5 Å². The van der Waals surface area contributed by atoms with Crippen LogP contribution in [0.4, 0.5) is 0 Å². The Morgan fingerprint density at radius 2 is 1.67 bits per heavy atom. The van der Waals surface area contributed by atoms with Gasteiger partial charge in [0.2, 0.25) is 10.0 Å². The van der Waals surface area contributed by atoms with Gasteiger partial charge in [0, 0.05) is 19.5 Å². The van der Waals surface area contributed by atoms with E-state index in [9.17, 15) is 8.42 Å². The maximum absolute atomic E-state index is 12.5. The second-order valence-electron chi connectivity index (χ2n) is 4.84. The lowest BCUT2D eigenvalue weighted by atomic mass is 10.2. The van der Waals surface area contributed by atoms with Crippen molar-refractivity contribution in [1.29, 1.82) is 0 Å². The average molecular weight is 324 g/mol. The smallest absolute Gasteiger partial charge is 0.207 e. The summed E-state index contributed by atoms with van der Waals surface area (Å²) in [5.74, 6) is 0.303. The third-order valence-corrected chi connectivity index (χ3v) is 5.48. The van der Waals surface area contributed by atoms with E-state index < -0.39 is 10.0 Å². The highest BCUT2D eigenvalue weighted by atomic mass is 35.5. The lowest BCUT2D eigenvalue weighted by Crippen LogP contribution is -2.29. The minimum atomic E-state index is -3.47. The lowest BCUT2D eigenvalue weighted by Gasteiger charge is -2.17. The van der Waals surface area contributed by atoms with Crippen LogP contribution in [0.25, 0.3) is 0 Å². The zero-order valence-corrected chi connectivity index (χ0v) is 13.4. The zero-order chi connectivity index (χ0) is 15.3. The molecule has 0 aliphatic rings. The van der Waals surface area contributed by atoms with Crippen LogP contribution in [0.1, 0.15) is 11.1 Å². The number of rotatable bonds is 6. The van der Waals surface area contributed by atoms with Crippen LogP contribution in [0.3, 0.4) is 0 Å². The maximum atomic E-state index is 12.5. The standard InChI is InChI=1S/C16H18ClNO2S/c1-18(11-10-14-6-3-2-4-7-14)21(19,20)16-9-5-8-15(12-16)13-17/h2-9,12H,10-11,13H2,1H3. The molecule has 0 spiro atoms. The van der Waals surface area contributed by atoms with Crippen molar-refractivity contribution in [2.24, 2.45) is 0 Å². The fourth-order valence-electron chi connectivity index (χ4n) is 2.02. The van der Waals surface area contributed by atoms with Gasteiger partial charge in [0.1, 0.15) is 0 Å². The third-order valence-electron chi connectivity index (χ3n) is 3.32. The normalized spacial score (nSPS) is 11.8. The molecule has 0 aliphatic carbocycles. The van der Waals surface area contributed by atoms with E-state index in [1.807, 2.05) is 36.4 Å². The fraction of sp³-hybridized carbons (Fsp3) is 0.250. The highest BCUT2D eigenvalue weighted by Crippen LogP contribution is 2.17. The van der Waals surface area contributed by atoms with Gasteiger partial charge in [-0.15, -0.1) is 11.6 Å². The number of hydrogen-bond donors (Lipinski definition) is 0. The molecule has 0 N–H and O–H groups in total. The van der Waals surface area contributed by atoms with E-state index in [0.717, 1.165) is 11.1 Å². The van der Waals surface area contributed by atoms with E-state index in [1.54, 1.807) is 25.2 Å². The molecule has 0 radical (unpaired) electrons. The summed E-state index contributed by atoms with van der Waals surface area (Å²) >= 11 is 5.76. The summed E-state index contributed by atoms with van der Waals surface area (Å²) in [5.41, 5.74) is 1.92. The molecular formula is C16H18ClNO2S. The molecule has 0 amide bonds. The SMILES string of the molecule is CN(CCc1ccccc1)S(=O)(=O)c1cccc(CCl)c1. The molecular weight excluding hydrogens is 306 g/mol. The predicted octanol–water partition coefficient (Wildman–Crippen LogP) is 3.29. The fourth-order valence-corrected chi connectivity index (χ4v) is 3.43. The van der Waals surface area contributed by atoms with Gasteiger partial charge in [-0.2, -0.15) is 0 Å². The van der Waals surface area contributed by atoms with Crippen molar-refractivity contribution in [3.63, 3.8) is 0 Å². The van der Waals surface area contributed by atoms with Crippen LogP contribution in [-0.2, 0) is 22.3 Å². The van der Waals surface area contributed by atoms with Crippen molar-refractivity contribution in [3.8, 4) is 0 Å². The Hall–Kier alpha value is -1.36. The molecule has 0 saturated heterocycles. The van der Waals surface area contributed by atoms with Crippen LogP contribution in [0.2, 0.25) is 0 Å². The summed E-state index contributed by atoms with van der Waals surface area (Å²) in [6.07, 6.45) is 0.686. The van der Waals surface area contributed by atoms with Crippen molar-refractivity contribution in [3.05, 3.63) is 65.7 Å². The molecule has 0 aromatic heterocycles. The van der Waals surface area contributed by atoms with E-state index in [2.05, 4.69) is 0 Å². The Balaban J connectivity index is 2.11. The summed E-state index contributed by atoms with van der Waals surface area (Å²) in [6.45, 7) is 0.442. The summed E-state index contributed by atoms with van der Waals surface area (Å²) in [7, 11) is -1.86. The van der Waals surface area contributed by atoms with Crippen molar-refractivity contribution < 1.29 is 8.42 Å². The lowest BCUT2D eigenvalue weighted by molar-refractivity contribution is 0.472. The monoisotopic (exact) mass is 323 g/mol. The highest BCUT2D eigenvalue weighted by molar-refractivity contribution is 7.89. The minimum absolute atomic E-state index is 0.288. The number of sulfonamides is 1. The van der Waals surface area contributed by atoms with Gasteiger partial charge in [0.25, 0.3) is 0 Å². The Morgan fingerprint density at radius 3 is 2.33 bits per heavy atom. The van der Waals surface area contributed by atoms with Crippen molar-refractivity contribution in [2.75, 3.05) is 13.6 Å². The van der Waals surface area contributed by atoms with Crippen LogP contribution >= 0.6 is 11.6 Å². The van der Waals surface area contributed by atoms with E-state index >= 15 is 0 Å². The Morgan fingerprint density at radius 1 is 1.00 bits per heavy atom. The van der Waals surface area contributed by atoms with Crippen LogP contribution in [0.5, 0.6) is 0 Å². The predicted molar refractivity (Wildman–Crippen MR) is 86.0 cm³/mol. The number of alkyl halides is 1. The molecule has 2 rings (SSSR count). The van der Waals surface area contributed by atoms with Crippen LogP contribution in [0, 0.1) is 0 Å². The van der Waals surface area contributed by atoms with Crippen LogP contribution in [0.15, 0.2) is 59.5 Å². The number of halogens is 1. The summed E-state index contributed by atoms with van der Waals surface area (Å²) in [4.78, 5) is 0.288. The average Bonchev–Trinajstić information content (AvgIpc) is 2.53. The number of benzene rings is 2. The molecule has 0 fully saturated rings. The Labute approximate surface area is 131 Å². The number of hydrogen-bond acceptors (Lipinski definition) is 2. The quantitative estimate of drug-likeness (QED) is 0.765. The number of nitrogens with zero attached hydrogens (tertiary/aromatic N) is 1. The number of likely N-dealkylation sites (N-methyl/N-ethyl adjacent to an activating group) is 1. The second kappa shape index (κ2) is 7.07. The van der Waals surface area contributed by atoms with Crippen LogP contribution in [-0.4, -0.2) is 26.3 Å². The first-order chi connectivity index (χ1) is 10.0. The molecule has 0 heterocycles. The Bertz CT molecular complexity index is 686. The minimum Gasteiger partial charge on any atom is -0.207 e. The second-order valence-corrected chi connectivity index (χ2v) is 7.16. The van der Waals surface area contributed by atoms with Gasteiger partial charge in [-0.3, -0.25) is 0 Å². The molecule has 0 bridgehead atoms. The first-order valence-electron chi connectivity index (χ1n) is 6.69. The molecule has 21 heavy (non-hydrogen) atoms. The van der Waals surface area contributed by atoms with E-state index in [0.29, 0.717) is 18.8 Å². The zero-order valence-electron chi connectivity index (χ0n) is 11.9. The molecule has 0 unspecified atom stereocenters. The van der Waals surface area contributed by atoms with Crippen LogP contribution < -0.4 is 0 Å². The van der Waals surface area contributed by atoms with Crippen molar-refractivity contribution in [2.45, 2.75) is 17.2 Å². The van der Waals surface area contributed by atoms with E-state index in [-0.39, 0.29) is 4.90 Å². The van der Waals surface area contributed by atoms with E-state index in [4.69, 9.17) is 11.6 Å². The summed E-state index contributed by atoms with van der Waals surface area (Å²) in [5, 5.41) is 0. The van der Waals surface area contributed by atoms with Gasteiger partial charge < -0.3 is 0 Å². The molecule has 2 aromatic rings. The highest BCUT2D eigenvalue weighted by Gasteiger charge is 2.20. The largest absolute Gasteiger partial charge is 0.242 e. The van der Waals surface area contributed by atoms with Gasteiger partial charge >= 0.3 is 0 Å². The third kappa shape index (κ3) is 4.06. The van der Waals surface area contributed by atoms with Gasteiger partial charge in [-0.05, 0) is 29.7 Å². The topological polar surface area (TPSA) is 37.4 Å². The molecule has 3 nitrogen and oxygen atoms in total. The Kier molecular flexibility index (Phi) is 5.39. The molecule has 0 aliphatic heterocycles.